The molecule has 2 N–H and O–H groups in total. The molecule has 4 heteroatoms. The van der Waals surface area contributed by atoms with Gasteiger partial charge in [-0.3, -0.25) is 0 Å². The summed E-state index contributed by atoms with van der Waals surface area (Å²) in [6.07, 6.45) is 2.14. The van der Waals surface area contributed by atoms with Crippen molar-refractivity contribution in [3.8, 4) is 5.75 Å². The SMILES string of the molecule is Cc1ccccc1OC[C@@H](O)CN[C@H]1CN2CCC1CC2. The zero-order valence-electron chi connectivity index (χ0n) is 12.8. The molecule has 0 unspecified atom stereocenters. The fraction of sp³-hybridized carbons (Fsp3) is 0.647. The van der Waals surface area contributed by atoms with E-state index in [2.05, 4.69) is 10.2 Å². The first-order valence-electron chi connectivity index (χ1n) is 8.04. The predicted molar refractivity (Wildman–Crippen MR) is 83.6 cm³/mol. The normalized spacial score (nSPS) is 29.3. The van der Waals surface area contributed by atoms with E-state index in [9.17, 15) is 5.11 Å². The first kappa shape index (κ1) is 14.8. The second-order valence-corrected chi connectivity index (χ2v) is 6.38. The third-order valence-electron chi connectivity index (χ3n) is 4.80. The number of aliphatic hydroxyl groups is 1. The third kappa shape index (κ3) is 3.76. The topological polar surface area (TPSA) is 44.7 Å². The Kier molecular flexibility index (Phi) is 4.78. The van der Waals surface area contributed by atoms with E-state index in [0.29, 0.717) is 19.2 Å². The number of rotatable bonds is 6. The highest BCUT2D eigenvalue weighted by Crippen LogP contribution is 2.27. The lowest BCUT2D eigenvalue weighted by Gasteiger charge is -2.45. The van der Waals surface area contributed by atoms with Gasteiger partial charge in [-0.05, 0) is 50.4 Å². The van der Waals surface area contributed by atoms with Crippen molar-refractivity contribution in [3.05, 3.63) is 29.8 Å². The molecule has 3 aliphatic rings. The molecule has 4 rings (SSSR count). The van der Waals surface area contributed by atoms with E-state index in [4.69, 9.17) is 4.74 Å². The van der Waals surface area contributed by atoms with Gasteiger partial charge in [-0.25, -0.2) is 0 Å². The first-order chi connectivity index (χ1) is 10.2. The summed E-state index contributed by atoms with van der Waals surface area (Å²) >= 11 is 0. The maximum atomic E-state index is 10.1. The van der Waals surface area contributed by atoms with Gasteiger partial charge in [-0.1, -0.05) is 18.2 Å². The maximum Gasteiger partial charge on any atom is 0.122 e. The summed E-state index contributed by atoms with van der Waals surface area (Å²) in [6, 6.07) is 8.46. The molecule has 3 saturated heterocycles. The van der Waals surface area contributed by atoms with Gasteiger partial charge in [-0.2, -0.15) is 0 Å². The molecule has 3 aliphatic heterocycles. The highest BCUT2D eigenvalue weighted by Gasteiger charge is 2.33. The molecule has 3 heterocycles. The van der Waals surface area contributed by atoms with Gasteiger partial charge in [0.2, 0.25) is 0 Å². The molecule has 0 radical (unpaired) electrons. The molecule has 2 bridgehead atoms. The second kappa shape index (κ2) is 6.77. The lowest BCUT2D eigenvalue weighted by molar-refractivity contribution is 0.0550. The number of hydrogen-bond acceptors (Lipinski definition) is 4. The Morgan fingerprint density at radius 3 is 2.76 bits per heavy atom. The number of hydrogen-bond donors (Lipinski definition) is 2. The van der Waals surface area contributed by atoms with E-state index in [1.165, 1.54) is 25.9 Å². The number of benzene rings is 1. The van der Waals surface area contributed by atoms with Crippen LogP contribution in [0, 0.1) is 12.8 Å². The zero-order chi connectivity index (χ0) is 14.7. The van der Waals surface area contributed by atoms with Gasteiger partial charge in [0.1, 0.15) is 18.5 Å². The van der Waals surface area contributed by atoms with Crippen LogP contribution in [0.1, 0.15) is 18.4 Å². The van der Waals surface area contributed by atoms with E-state index in [0.717, 1.165) is 23.8 Å². The van der Waals surface area contributed by atoms with Gasteiger partial charge in [0.05, 0.1) is 0 Å². The van der Waals surface area contributed by atoms with E-state index in [1.54, 1.807) is 0 Å². The summed E-state index contributed by atoms with van der Waals surface area (Å²) in [6.45, 7) is 6.62. The summed E-state index contributed by atoms with van der Waals surface area (Å²) < 4.78 is 5.70. The molecular weight excluding hydrogens is 264 g/mol. The van der Waals surface area contributed by atoms with Crippen molar-refractivity contribution in [1.29, 1.82) is 0 Å². The van der Waals surface area contributed by atoms with Gasteiger partial charge in [0.15, 0.2) is 0 Å². The Morgan fingerprint density at radius 2 is 2.10 bits per heavy atom. The van der Waals surface area contributed by atoms with Crippen LogP contribution < -0.4 is 10.1 Å². The summed E-state index contributed by atoms with van der Waals surface area (Å²) in [5.41, 5.74) is 1.11. The van der Waals surface area contributed by atoms with Crippen molar-refractivity contribution in [2.45, 2.75) is 31.9 Å². The van der Waals surface area contributed by atoms with Crippen molar-refractivity contribution in [2.24, 2.45) is 5.92 Å². The largest absolute Gasteiger partial charge is 0.491 e. The molecular formula is C17H26N2O2. The highest BCUT2D eigenvalue weighted by molar-refractivity contribution is 5.31. The Bertz CT molecular complexity index is 458. The predicted octanol–water partition coefficient (Wildman–Crippen LogP) is 1.42. The van der Waals surface area contributed by atoms with Gasteiger partial charge in [0, 0.05) is 19.1 Å². The average Bonchev–Trinajstić information content (AvgIpc) is 2.53. The molecule has 116 valence electrons. The quantitative estimate of drug-likeness (QED) is 0.832. The lowest BCUT2D eigenvalue weighted by Crippen LogP contribution is -2.57. The average molecular weight is 290 g/mol. The van der Waals surface area contributed by atoms with Crippen LogP contribution in [-0.2, 0) is 0 Å². The number of nitrogens with zero attached hydrogens (tertiary/aromatic N) is 1. The molecule has 0 aliphatic carbocycles. The fourth-order valence-corrected chi connectivity index (χ4v) is 3.45. The molecule has 2 atom stereocenters. The van der Waals surface area contributed by atoms with E-state index in [1.807, 2.05) is 31.2 Å². The van der Waals surface area contributed by atoms with Crippen LogP contribution in [0.5, 0.6) is 5.75 Å². The summed E-state index contributed by atoms with van der Waals surface area (Å²) in [5.74, 6) is 1.65. The van der Waals surface area contributed by atoms with E-state index >= 15 is 0 Å². The molecule has 0 spiro atoms. The Morgan fingerprint density at radius 1 is 1.33 bits per heavy atom. The molecule has 0 saturated carbocycles. The number of piperidine rings is 3. The Balaban J connectivity index is 1.40. The fourth-order valence-electron chi connectivity index (χ4n) is 3.45. The second-order valence-electron chi connectivity index (χ2n) is 6.38. The summed E-state index contributed by atoms with van der Waals surface area (Å²) in [5, 5.41) is 13.6. The van der Waals surface area contributed by atoms with Crippen LogP contribution in [0.3, 0.4) is 0 Å². The Labute approximate surface area is 127 Å². The number of ether oxygens (including phenoxy) is 1. The zero-order valence-corrected chi connectivity index (χ0v) is 12.8. The van der Waals surface area contributed by atoms with Crippen LogP contribution in [-0.4, -0.2) is 54.9 Å². The third-order valence-corrected chi connectivity index (χ3v) is 4.80. The highest BCUT2D eigenvalue weighted by atomic mass is 16.5. The summed E-state index contributed by atoms with van der Waals surface area (Å²) in [7, 11) is 0. The molecule has 21 heavy (non-hydrogen) atoms. The van der Waals surface area contributed by atoms with Gasteiger partial charge < -0.3 is 20.1 Å². The minimum atomic E-state index is -0.458. The molecule has 0 amide bonds. The van der Waals surface area contributed by atoms with E-state index in [-0.39, 0.29) is 0 Å². The van der Waals surface area contributed by atoms with Crippen LogP contribution in [0.2, 0.25) is 0 Å². The van der Waals surface area contributed by atoms with Gasteiger partial charge in [-0.15, -0.1) is 0 Å². The minimum Gasteiger partial charge on any atom is -0.491 e. The monoisotopic (exact) mass is 290 g/mol. The molecule has 4 nitrogen and oxygen atoms in total. The lowest BCUT2D eigenvalue weighted by atomic mass is 9.84. The van der Waals surface area contributed by atoms with E-state index < -0.39 is 6.10 Å². The maximum absolute atomic E-state index is 10.1. The number of fused-ring (bicyclic) bond motifs is 3. The summed E-state index contributed by atoms with van der Waals surface area (Å²) in [4.78, 5) is 2.52. The van der Waals surface area contributed by atoms with Gasteiger partial charge in [0.25, 0.3) is 0 Å². The van der Waals surface area contributed by atoms with Crippen LogP contribution in [0.25, 0.3) is 0 Å². The number of para-hydroxylation sites is 1. The standard InChI is InChI=1S/C17H26N2O2/c1-13-4-2-3-5-17(13)21-12-15(20)10-18-16-11-19-8-6-14(16)7-9-19/h2-5,14-16,18,20H,6-12H2,1H3/t15-,16-/m0/s1. The Hall–Kier alpha value is -1.10. The van der Waals surface area contributed by atoms with Crippen LogP contribution in [0.4, 0.5) is 0 Å². The number of nitrogens with one attached hydrogen (secondary N) is 1. The van der Waals surface area contributed by atoms with Crippen LogP contribution >= 0.6 is 0 Å². The van der Waals surface area contributed by atoms with Crippen molar-refractivity contribution < 1.29 is 9.84 Å². The van der Waals surface area contributed by atoms with Crippen molar-refractivity contribution in [3.63, 3.8) is 0 Å². The van der Waals surface area contributed by atoms with Crippen LogP contribution in [0.15, 0.2) is 24.3 Å². The smallest absolute Gasteiger partial charge is 0.122 e. The molecule has 1 aromatic rings. The van der Waals surface area contributed by atoms with Crippen molar-refractivity contribution in [2.75, 3.05) is 32.8 Å². The minimum absolute atomic E-state index is 0.346. The number of aryl methyl sites for hydroxylation is 1. The first-order valence-corrected chi connectivity index (χ1v) is 8.04. The molecule has 0 aromatic heterocycles. The van der Waals surface area contributed by atoms with Crippen molar-refractivity contribution in [1.82, 2.24) is 10.2 Å². The van der Waals surface area contributed by atoms with Gasteiger partial charge >= 0.3 is 0 Å². The van der Waals surface area contributed by atoms with Crippen molar-refractivity contribution >= 4 is 0 Å². The molecule has 1 aromatic carbocycles. The molecule has 3 fully saturated rings. The number of aliphatic hydroxyl groups excluding tert-OH is 1.